The van der Waals surface area contributed by atoms with Gasteiger partial charge in [0.15, 0.2) is 0 Å². The van der Waals surface area contributed by atoms with Crippen LogP contribution in [0.2, 0.25) is 0 Å². The van der Waals surface area contributed by atoms with E-state index in [0.29, 0.717) is 18.2 Å². The third-order valence-corrected chi connectivity index (χ3v) is 3.18. The van der Waals surface area contributed by atoms with Crippen LogP contribution in [-0.4, -0.2) is 12.5 Å². The van der Waals surface area contributed by atoms with Crippen LogP contribution in [0, 0.1) is 11.8 Å². The van der Waals surface area contributed by atoms with Crippen LogP contribution < -0.4 is 10.6 Å². The molecule has 0 aromatic heterocycles. The molecule has 0 aliphatic rings. The first-order valence-electron chi connectivity index (χ1n) is 6.14. The van der Waals surface area contributed by atoms with Crippen LogP contribution in [0.15, 0.2) is 24.3 Å². The van der Waals surface area contributed by atoms with E-state index in [2.05, 4.69) is 13.8 Å². The molecule has 0 aliphatic carbocycles. The Morgan fingerprint density at radius 1 is 1.24 bits per heavy atom. The van der Waals surface area contributed by atoms with Crippen LogP contribution >= 0.6 is 0 Å². The average molecular weight is 234 g/mol. The number of nitrogen functional groups attached to an aromatic ring is 1. The van der Waals surface area contributed by atoms with E-state index in [9.17, 15) is 4.79 Å². The van der Waals surface area contributed by atoms with Crippen molar-refractivity contribution < 1.29 is 4.79 Å². The molecular weight excluding hydrogens is 212 g/mol. The van der Waals surface area contributed by atoms with Gasteiger partial charge in [-0.25, -0.2) is 0 Å². The van der Waals surface area contributed by atoms with Crippen molar-refractivity contribution in [3.63, 3.8) is 0 Å². The maximum atomic E-state index is 12.3. The van der Waals surface area contributed by atoms with Crippen molar-refractivity contribution >= 4 is 17.3 Å². The number of carbonyl (C=O) groups is 1. The van der Waals surface area contributed by atoms with Gasteiger partial charge in [0.05, 0.1) is 0 Å². The molecule has 0 heterocycles. The molecule has 1 unspecified atom stereocenters. The molecule has 1 aromatic carbocycles. The van der Waals surface area contributed by atoms with Crippen molar-refractivity contribution in [1.29, 1.82) is 0 Å². The number of hydrogen-bond acceptors (Lipinski definition) is 2. The highest BCUT2D eigenvalue weighted by Crippen LogP contribution is 2.21. The van der Waals surface area contributed by atoms with Crippen LogP contribution in [0.25, 0.3) is 0 Å². The Morgan fingerprint density at radius 2 is 1.76 bits per heavy atom. The Hall–Kier alpha value is -1.51. The minimum Gasteiger partial charge on any atom is -0.399 e. The molecule has 1 atom stereocenters. The zero-order valence-electron chi connectivity index (χ0n) is 11.1. The molecule has 1 amide bonds. The summed E-state index contributed by atoms with van der Waals surface area (Å²) in [7, 11) is 0. The summed E-state index contributed by atoms with van der Waals surface area (Å²) in [4.78, 5) is 14.1. The highest BCUT2D eigenvalue weighted by molar-refractivity contribution is 5.95. The third-order valence-electron chi connectivity index (χ3n) is 3.18. The van der Waals surface area contributed by atoms with E-state index in [0.717, 1.165) is 5.69 Å². The zero-order valence-corrected chi connectivity index (χ0v) is 11.1. The average Bonchev–Trinajstić information content (AvgIpc) is 2.31. The molecule has 1 aromatic rings. The number of anilines is 2. The summed E-state index contributed by atoms with van der Waals surface area (Å²) >= 11 is 0. The molecule has 94 valence electrons. The maximum absolute atomic E-state index is 12.3. The lowest BCUT2D eigenvalue weighted by Gasteiger charge is -2.26. The van der Waals surface area contributed by atoms with Gasteiger partial charge in [-0.05, 0) is 37.1 Å². The fourth-order valence-electron chi connectivity index (χ4n) is 1.65. The van der Waals surface area contributed by atoms with E-state index in [1.807, 2.05) is 43.0 Å². The number of hydrogen-bond donors (Lipinski definition) is 1. The van der Waals surface area contributed by atoms with Gasteiger partial charge in [0.2, 0.25) is 5.91 Å². The van der Waals surface area contributed by atoms with Crippen LogP contribution in [-0.2, 0) is 4.79 Å². The second-order valence-electron chi connectivity index (χ2n) is 4.71. The summed E-state index contributed by atoms with van der Waals surface area (Å²) in [5.41, 5.74) is 7.28. The lowest BCUT2D eigenvalue weighted by atomic mass is 9.96. The van der Waals surface area contributed by atoms with Gasteiger partial charge in [-0.1, -0.05) is 20.8 Å². The Bertz CT molecular complexity index is 370. The van der Waals surface area contributed by atoms with Crippen molar-refractivity contribution in [3.05, 3.63) is 24.3 Å². The molecule has 3 heteroatoms. The number of rotatable bonds is 4. The molecule has 3 nitrogen and oxygen atoms in total. The predicted octanol–water partition coefficient (Wildman–Crippen LogP) is 2.91. The molecule has 0 saturated heterocycles. The highest BCUT2D eigenvalue weighted by Gasteiger charge is 2.22. The first-order valence-corrected chi connectivity index (χ1v) is 6.14. The van der Waals surface area contributed by atoms with Crippen LogP contribution in [0.4, 0.5) is 11.4 Å². The topological polar surface area (TPSA) is 46.3 Å². The fraction of sp³-hybridized carbons (Fsp3) is 0.500. The highest BCUT2D eigenvalue weighted by atomic mass is 16.2. The van der Waals surface area contributed by atoms with Crippen molar-refractivity contribution in [1.82, 2.24) is 0 Å². The van der Waals surface area contributed by atoms with Gasteiger partial charge in [-0.15, -0.1) is 0 Å². The molecule has 17 heavy (non-hydrogen) atoms. The van der Waals surface area contributed by atoms with E-state index in [1.54, 1.807) is 0 Å². The lowest BCUT2D eigenvalue weighted by molar-refractivity contribution is -0.123. The number of nitrogens with zero attached hydrogens (tertiary/aromatic N) is 1. The van der Waals surface area contributed by atoms with Gasteiger partial charge in [0.25, 0.3) is 0 Å². The molecule has 1 rings (SSSR count). The zero-order chi connectivity index (χ0) is 13.0. The largest absolute Gasteiger partial charge is 0.399 e. The van der Waals surface area contributed by atoms with Gasteiger partial charge in [-0.3, -0.25) is 4.79 Å². The predicted molar refractivity (Wildman–Crippen MR) is 72.9 cm³/mol. The number of nitrogens with two attached hydrogens (primary N) is 1. The Morgan fingerprint density at radius 3 is 2.18 bits per heavy atom. The molecule has 0 saturated carbocycles. The monoisotopic (exact) mass is 234 g/mol. The summed E-state index contributed by atoms with van der Waals surface area (Å²) in [5.74, 6) is 0.560. The third kappa shape index (κ3) is 3.22. The normalized spacial score (nSPS) is 12.5. The van der Waals surface area contributed by atoms with Crippen molar-refractivity contribution in [2.24, 2.45) is 11.8 Å². The van der Waals surface area contributed by atoms with Gasteiger partial charge in [-0.2, -0.15) is 0 Å². The molecule has 0 spiro atoms. The van der Waals surface area contributed by atoms with E-state index in [-0.39, 0.29) is 11.8 Å². The minimum absolute atomic E-state index is 0.0347. The first kappa shape index (κ1) is 13.6. The summed E-state index contributed by atoms with van der Waals surface area (Å²) in [6.07, 6.45) is 0. The van der Waals surface area contributed by atoms with Gasteiger partial charge in [0, 0.05) is 23.8 Å². The number of amides is 1. The summed E-state index contributed by atoms with van der Waals surface area (Å²) in [6, 6.07) is 7.43. The van der Waals surface area contributed by atoms with Gasteiger partial charge in [0.1, 0.15) is 0 Å². The second-order valence-corrected chi connectivity index (χ2v) is 4.71. The van der Waals surface area contributed by atoms with Crippen LogP contribution in [0.5, 0.6) is 0 Å². The van der Waals surface area contributed by atoms with Crippen LogP contribution in [0.3, 0.4) is 0 Å². The first-order chi connectivity index (χ1) is 7.97. The van der Waals surface area contributed by atoms with Crippen molar-refractivity contribution in [2.75, 3.05) is 17.2 Å². The fourth-order valence-corrected chi connectivity index (χ4v) is 1.65. The van der Waals surface area contributed by atoms with Crippen molar-refractivity contribution in [3.8, 4) is 0 Å². The maximum Gasteiger partial charge on any atom is 0.230 e. The van der Waals surface area contributed by atoms with Crippen LogP contribution in [0.1, 0.15) is 27.7 Å². The quantitative estimate of drug-likeness (QED) is 0.814. The minimum atomic E-state index is 0.0347. The van der Waals surface area contributed by atoms with E-state index in [1.165, 1.54) is 0 Å². The van der Waals surface area contributed by atoms with Gasteiger partial charge < -0.3 is 10.6 Å². The summed E-state index contributed by atoms with van der Waals surface area (Å²) in [5, 5.41) is 0. The van der Waals surface area contributed by atoms with E-state index >= 15 is 0 Å². The Labute approximate surface area is 104 Å². The van der Waals surface area contributed by atoms with E-state index < -0.39 is 0 Å². The standard InChI is InChI=1S/C14H22N2O/c1-5-16(14(17)11(4)10(2)3)13-8-6-12(15)7-9-13/h6-11H,5,15H2,1-4H3. The number of benzene rings is 1. The second kappa shape index (κ2) is 5.71. The van der Waals surface area contributed by atoms with Gasteiger partial charge >= 0.3 is 0 Å². The Kier molecular flexibility index (Phi) is 4.55. The lowest BCUT2D eigenvalue weighted by Crippen LogP contribution is -2.36. The molecular formula is C14H22N2O. The smallest absolute Gasteiger partial charge is 0.230 e. The summed E-state index contributed by atoms with van der Waals surface area (Å²) in [6.45, 7) is 8.78. The SMILES string of the molecule is CCN(C(=O)C(C)C(C)C)c1ccc(N)cc1. The molecule has 2 N–H and O–H groups in total. The number of carbonyl (C=O) groups excluding carboxylic acids is 1. The van der Waals surface area contributed by atoms with Crippen molar-refractivity contribution in [2.45, 2.75) is 27.7 Å². The molecule has 0 bridgehead atoms. The molecule has 0 aliphatic heterocycles. The molecule has 0 radical (unpaired) electrons. The Balaban J connectivity index is 2.91. The van der Waals surface area contributed by atoms with E-state index in [4.69, 9.17) is 5.73 Å². The molecule has 0 fully saturated rings. The summed E-state index contributed by atoms with van der Waals surface area (Å²) < 4.78 is 0.